The highest BCUT2D eigenvalue weighted by Gasteiger charge is 2.14. The van der Waals surface area contributed by atoms with Crippen LogP contribution in [0.4, 0.5) is 0 Å². The third-order valence-corrected chi connectivity index (χ3v) is 2.55. The smallest absolute Gasteiger partial charge is 0.338 e. The van der Waals surface area contributed by atoms with Crippen LogP contribution in [0.1, 0.15) is 28.4 Å². The molecule has 0 saturated carbocycles. The molecule has 0 bridgehead atoms. The second-order valence-electron chi connectivity index (χ2n) is 3.33. The van der Waals surface area contributed by atoms with Crippen LogP contribution >= 0.6 is 11.6 Å². The average Bonchev–Trinajstić information content (AvgIpc) is 2.29. The molecule has 0 radical (unpaired) electrons. The Morgan fingerprint density at radius 3 is 2.62 bits per heavy atom. The van der Waals surface area contributed by atoms with Gasteiger partial charge in [-0.25, -0.2) is 4.79 Å². The molecule has 0 aliphatic heterocycles. The molecular weight excluding hydrogens is 228 g/mol. The maximum atomic E-state index is 11.7. The third-order valence-electron chi connectivity index (χ3n) is 2.26. The lowest BCUT2D eigenvalue weighted by molar-refractivity contribution is 0.0525. The monoisotopic (exact) mass is 242 g/mol. The van der Waals surface area contributed by atoms with Gasteiger partial charge in [0.2, 0.25) is 0 Å². The molecule has 1 rings (SSSR count). The summed E-state index contributed by atoms with van der Waals surface area (Å²) in [5.41, 5.74) is 2.12. The topological polar surface area (TPSA) is 35.5 Å². The molecule has 0 aliphatic rings. The number of rotatable bonds is 4. The van der Waals surface area contributed by atoms with Crippen LogP contribution in [0.2, 0.25) is 0 Å². The molecule has 4 heteroatoms. The van der Waals surface area contributed by atoms with E-state index in [1.807, 2.05) is 6.92 Å². The molecule has 0 saturated heterocycles. The van der Waals surface area contributed by atoms with Crippen molar-refractivity contribution in [2.45, 2.75) is 19.7 Å². The Hall–Kier alpha value is -1.22. The van der Waals surface area contributed by atoms with Crippen molar-refractivity contribution in [2.75, 3.05) is 13.7 Å². The summed E-state index contributed by atoms with van der Waals surface area (Å²) in [5, 5.41) is 0. The van der Waals surface area contributed by atoms with Crippen molar-refractivity contribution >= 4 is 17.6 Å². The summed E-state index contributed by atoms with van der Waals surface area (Å²) >= 11 is 5.79. The number of benzene rings is 1. The van der Waals surface area contributed by atoms with E-state index in [9.17, 15) is 4.79 Å². The SMILES string of the molecule is CCOC(=O)c1cc(C)c(OC)cc1CCl. The summed E-state index contributed by atoms with van der Waals surface area (Å²) in [7, 11) is 1.59. The Labute approximate surface area is 100 Å². The summed E-state index contributed by atoms with van der Waals surface area (Å²) in [5.74, 6) is 0.637. The minimum absolute atomic E-state index is 0.255. The Morgan fingerprint density at radius 2 is 2.12 bits per heavy atom. The van der Waals surface area contributed by atoms with Gasteiger partial charge in [0.1, 0.15) is 5.75 Å². The van der Waals surface area contributed by atoms with Crippen molar-refractivity contribution in [3.63, 3.8) is 0 Å². The van der Waals surface area contributed by atoms with Crippen LogP contribution in [0.15, 0.2) is 12.1 Å². The Kier molecular flexibility index (Phi) is 4.62. The van der Waals surface area contributed by atoms with Crippen LogP contribution in [0.5, 0.6) is 5.75 Å². The molecule has 0 heterocycles. The first kappa shape index (κ1) is 12.8. The number of alkyl halides is 1. The number of carbonyl (C=O) groups excluding carboxylic acids is 1. The van der Waals surface area contributed by atoms with Crippen LogP contribution in [0.25, 0.3) is 0 Å². The van der Waals surface area contributed by atoms with Crippen LogP contribution in [0.3, 0.4) is 0 Å². The van der Waals surface area contributed by atoms with E-state index >= 15 is 0 Å². The van der Waals surface area contributed by atoms with Gasteiger partial charge in [0.05, 0.1) is 19.3 Å². The first-order chi connectivity index (χ1) is 7.63. The summed E-state index contributed by atoms with van der Waals surface area (Å²) in [6.07, 6.45) is 0. The molecule has 0 unspecified atom stereocenters. The van der Waals surface area contributed by atoms with Crippen molar-refractivity contribution < 1.29 is 14.3 Å². The van der Waals surface area contributed by atoms with Gasteiger partial charge >= 0.3 is 5.97 Å². The van der Waals surface area contributed by atoms with E-state index in [0.29, 0.717) is 12.2 Å². The van der Waals surface area contributed by atoms with Gasteiger partial charge in [0.25, 0.3) is 0 Å². The van der Waals surface area contributed by atoms with Gasteiger partial charge in [-0.1, -0.05) is 0 Å². The maximum Gasteiger partial charge on any atom is 0.338 e. The molecule has 1 aromatic carbocycles. The summed E-state index contributed by atoms with van der Waals surface area (Å²) in [6, 6.07) is 3.52. The number of esters is 1. The third kappa shape index (κ3) is 2.67. The minimum Gasteiger partial charge on any atom is -0.496 e. The lowest BCUT2D eigenvalue weighted by Crippen LogP contribution is -2.08. The maximum absolute atomic E-state index is 11.7. The second kappa shape index (κ2) is 5.75. The minimum atomic E-state index is -0.344. The number of aryl methyl sites for hydroxylation is 1. The quantitative estimate of drug-likeness (QED) is 0.602. The highest BCUT2D eigenvalue weighted by Crippen LogP contribution is 2.24. The van der Waals surface area contributed by atoms with E-state index in [0.717, 1.165) is 16.9 Å². The fourth-order valence-electron chi connectivity index (χ4n) is 1.46. The van der Waals surface area contributed by atoms with Gasteiger partial charge in [-0.05, 0) is 37.1 Å². The van der Waals surface area contributed by atoms with E-state index in [2.05, 4.69) is 0 Å². The lowest BCUT2D eigenvalue weighted by atomic mass is 10.0. The molecule has 3 nitrogen and oxygen atoms in total. The standard InChI is InChI=1S/C12H15ClO3/c1-4-16-12(14)10-5-8(2)11(15-3)6-9(10)7-13/h5-6H,4,7H2,1-3H3. The van der Waals surface area contributed by atoms with E-state index in [-0.39, 0.29) is 11.8 Å². The number of halogens is 1. The van der Waals surface area contributed by atoms with Crippen molar-refractivity contribution in [1.82, 2.24) is 0 Å². The first-order valence-electron chi connectivity index (χ1n) is 5.04. The molecule has 1 aromatic rings. The number of carbonyl (C=O) groups is 1. The van der Waals surface area contributed by atoms with Gasteiger partial charge in [-0.3, -0.25) is 0 Å². The highest BCUT2D eigenvalue weighted by atomic mass is 35.5. The molecule has 88 valence electrons. The van der Waals surface area contributed by atoms with E-state index in [4.69, 9.17) is 21.1 Å². The number of hydrogen-bond acceptors (Lipinski definition) is 3. The van der Waals surface area contributed by atoms with Gasteiger partial charge in [0.15, 0.2) is 0 Å². The Balaban J connectivity index is 3.17. The fraction of sp³-hybridized carbons (Fsp3) is 0.417. The molecule has 0 atom stereocenters. The molecule has 0 aliphatic carbocycles. The number of hydrogen-bond donors (Lipinski definition) is 0. The summed E-state index contributed by atoms with van der Waals surface area (Å²) in [6.45, 7) is 4.00. The number of methoxy groups -OCH3 is 1. The van der Waals surface area contributed by atoms with Gasteiger partial charge in [-0.2, -0.15) is 0 Å². The van der Waals surface area contributed by atoms with Crippen LogP contribution < -0.4 is 4.74 Å². The molecule has 0 aromatic heterocycles. The molecule has 0 spiro atoms. The van der Waals surface area contributed by atoms with Gasteiger partial charge < -0.3 is 9.47 Å². The lowest BCUT2D eigenvalue weighted by Gasteiger charge is -2.11. The molecule has 0 N–H and O–H groups in total. The zero-order chi connectivity index (χ0) is 12.1. The largest absolute Gasteiger partial charge is 0.496 e. The number of ether oxygens (including phenoxy) is 2. The normalized spacial score (nSPS) is 10.0. The molecule has 16 heavy (non-hydrogen) atoms. The predicted octanol–water partition coefficient (Wildman–Crippen LogP) is 2.92. The van der Waals surface area contributed by atoms with Crippen molar-refractivity contribution in [3.05, 3.63) is 28.8 Å². The molecule has 0 fully saturated rings. The van der Waals surface area contributed by atoms with Crippen molar-refractivity contribution in [3.8, 4) is 5.75 Å². The highest BCUT2D eigenvalue weighted by molar-refractivity contribution is 6.17. The Morgan fingerprint density at radius 1 is 1.44 bits per heavy atom. The van der Waals surface area contributed by atoms with Gasteiger partial charge in [0, 0.05) is 5.88 Å². The second-order valence-corrected chi connectivity index (χ2v) is 3.60. The molecular formula is C12H15ClO3. The van der Waals surface area contributed by atoms with E-state index in [1.54, 1.807) is 26.2 Å². The summed E-state index contributed by atoms with van der Waals surface area (Å²) < 4.78 is 10.1. The van der Waals surface area contributed by atoms with Crippen molar-refractivity contribution in [2.24, 2.45) is 0 Å². The zero-order valence-corrected chi connectivity index (χ0v) is 10.4. The van der Waals surface area contributed by atoms with Crippen LogP contribution in [0, 0.1) is 6.92 Å². The summed E-state index contributed by atoms with van der Waals surface area (Å²) in [4.78, 5) is 11.7. The van der Waals surface area contributed by atoms with Gasteiger partial charge in [-0.15, -0.1) is 11.6 Å². The first-order valence-corrected chi connectivity index (χ1v) is 5.58. The van der Waals surface area contributed by atoms with Crippen LogP contribution in [-0.2, 0) is 10.6 Å². The fourth-order valence-corrected chi connectivity index (χ4v) is 1.68. The predicted molar refractivity (Wildman–Crippen MR) is 63.2 cm³/mol. The van der Waals surface area contributed by atoms with E-state index < -0.39 is 0 Å². The molecule has 0 amide bonds. The van der Waals surface area contributed by atoms with E-state index in [1.165, 1.54) is 0 Å². The average molecular weight is 243 g/mol. The van der Waals surface area contributed by atoms with Crippen molar-refractivity contribution in [1.29, 1.82) is 0 Å². The Bertz CT molecular complexity index is 388. The zero-order valence-electron chi connectivity index (χ0n) is 9.67. The van der Waals surface area contributed by atoms with Crippen LogP contribution in [-0.4, -0.2) is 19.7 Å².